The first-order valence-corrected chi connectivity index (χ1v) is 5.55. The van der Waals surface area contributed by atoms with E-state index in [1.807, 2.05) is 0 Å². The average Bonchev–Trinajstić information content (AvgIpc) is 1.93. The molecule has 2 heteroatoms. The Balaban J connectivity index is 0.000000980. The molecule has 1 heterocycles. The van der Waals surface area contributed by atoms with Gasteiger partial charge in [0, 0.05) is 18.3 Å². The van der Waals surface area contributed by atoms with E-state index in [4.69, 9.17) is 0 Å². The number of hydrogen-bond donors (Lipinski definition) is 0. The molecule has 2 aliphatic rings. The van der Waals surface area contributed by atoms with Crippen LogP contribution in [0.1, 0.15) is 40.0 Å². The van der Waals surface area contributed by atoms with Crippen molar-refractivity contribution in [3.05, 3.63) is 0 Å². The number of rotatable bonds is 0. The van der Waals surface area contributed by atoms with Gasteiger partial charge in [0.15, 0.2) is 0 Å². The quantitative estimate of drug-likeness (QED) is 0.551. The van der Waals surface area contributed by atoms with Gasteiger partial charge in [-0.05, 0) is 11.8 Å². The zero-order valence-electron chi connectivity index (χ0n) is 10.3. The monoisotopic (exact) mass is 199 g/mol. The Bertz CT molecular complexity index is 230. The minimum atomic E-state index is 0. The van der Waals surface area contributed by atoms with Gasteiger partial charge in [-0.15, -0.1) is 0 Å². The van der Waals surface area contributed by atoms with Gasteiger partial charge in [-0.2, -0.15) is 0 Å². The van der Waals surface area contributed by atoms with E-state index in [1.54, 1.807) is 0 Å². The Morgan fingerprint density at radius 3 is 2.14 bits per heavy atom. The van der Waals surface area contributed by atoms with Crippen molar-refractivity contribution < 1.29 is 9.96 Å². The van der Waals surface area contributed by atoms with Crippen molar-refractivity contribution in [3.8, 4) is 0 Å². The predicted molar refractivity (Wildman–Crippen MR) is 58.4 cm³/mol. The zero-order valence-corrected chi connectivity index (χ0v) is 10.3. The second-order valence-electron chi connectivity index (χ2n) is 7.15. The van der Waals surface area contributed by atoms with Gasteiger partial charge in [-0.3, -0.25) is 0 Å². The van der Waals surface area contributed by atoms with Crippen molar-refractivity contribution in [2.45, 2.75) is 46.1 Å². The summed E-state index contributed by atoms with van der Waals surface area (Å²) in [5.74, 6) is 0. The molecule has 2 atom stereocenters. The first-order chi connectivity index (χ1) is 5.73. The van der Waals surface area contributed by atoms with Crippen molar-refractivity contribution in [2.24, 2.45) is 10.8 Å². The van der Waals surface area contributed by atoms with E-state index >= 15 is 0 Å². The zero-order chi connectivity index (χ0) is 9.91. The van der Waals surface area contributed by atoms with Gasteiger partial charge in [-0.1, -0.05) is 20.8 Å². The largest absolute Gasteiger partial charge is 0.870 e. The van der Waals surface area contributed by atoms with E-state index in [1.165, 1.54) is 30.3 Å². The molecule has 1 aliphatic heterocycles. The van der Waals surface area contributed by atoms with Crippen molar-refractivity contribution in [3.63, 3.8) is 0 Å². The summed E-state index contributed by atoms with van der Waals surface area (Å²) < 4.78 is 1.26. The molecule has 2 rings (SSSR count). The fourth-order valence-corrected chi connectivity index (χ4v) is 4.31. The molecule has 2 bridgehead atoms. The van der Waals surface area contributed by atoms with Crippen LogP contribution in [0.25, 0.3) is 0 Å². The van der Waals surface area contributed by atoms with E-state index in [0.29, 0.717) is 10.8 Å². The molecule has 0 aromatic carbocycles. The summed E-state index contributed by atoms with van der Waals surface area (Å²) in [6.45, 7) is 8.78. The van der Waals surface area contributed by atoms with Crippen LogP contribution in [-0.4, -0.2) is 36.6 Å². The fourth-order valence-electron chi connectivity index (χ4n) is 4.31. The van der Waals surface area contributed by atoms with Crippen LogP contribution < -0.4 is 0 Å². The number of nitrogens with zero attached hydrogens (tertiary/aromatic N) is 1. The SMILES string of the molecule is CC1(C)CC2CC(C)(C1)C[N+]2(C)C.[OH-]. The Morgan fingerprint density at radius 2 is 1.64 bits per heavy atom. The first-order valence-electron chi connectivity index (χ1n) is 5.55. The average molecular weight is 199 g/mol. The summed E-state index contributed by atoms with van der Waals surface area (Å²) in [7, 11) is 4.83. The normalized spacial score (nSPS) is 43.1. The molecule has 0 aromatic rings. The van der Waals surface area contributed by atoms with Gasteiger partial charge in [0.05, 0.1) is 26.7 Å². The summed E-state index contributed by atoms with van der Waals surface area (Å²) in [6.07, 6.45) is 4.32. The van der Waals surface area contributed by atoms with E-state index in [0.717, 1.165) is 6.04 Å². The van der Waals surface area contributed by atoms with Crippen LogP contribution in [0.3, 0.4) is 0 Å². The number of quaternary nitrogens is 1. The Kier molecular flexibility index (Phi) is 2.53. The lowest BCUT2D eigenvalue weighted by molar-refractivity contribution is -0.904. The van der Waals surface area contributed by atoms with Crippen LogP contribution in [0, 0.1) is 10.8 Å². The van der Waals surface area contributed by atoms with E-state index in [9.17, 15) is 0 Å². The second-order valence-corrected chi connectivity index (χ2v) is 7.15. The molecule has 0 spiro atoms. The Hall–Kier alpha value is -0.0800. The van der Waals surface area contributed by atoms with Gasteiger partial charge in [0.2, 0.25) is 0 Å². The maximum atomic E-state index is 2.49. The third-order valence-corrected chi connectivity index (χ3v) is 4.20. The molecule has 0 aromatic heterocycles. The van der Waals surface area contributed by atoms with Gasteiger partial charge >= 0.3 is 0 Å². The third-order valence-electron chi connectivity index (χ3n) is 4.20. The molecular weight excluding hydrogens is 174 g/mol. The molecule has 2 unspecified atom stereocenters. The Morgan fingerprint density at radius 1 is 1.07 bits per heavy atom. The highest BCUT2D eigenvalue weighted by Gasteiger charge is 2.55. The lowest BCUT2D eigenvalue weighted by Gasteiger charge is -2.38. The van der Waals surface area contributed by atoms with Crippen LogP contribution in [0.5, 0.6) is 0 Å². The van der Waals surface area contributed by atoms with E-state index in [2.05, 4.69) is 34.9 Å². The Labute approximate surface area is 88.2 Å². The maximum Gasteiger partial charge on any atom is 0.0899 e. The van der Waals surface area contributed by atoms with Crippen LogP contribution in [0.2, 0.25) is 0 Å². The van der Waals surface area contributed by atoms with E-state index < -0.39 is 0 Å². The summed E-state index contributed by atoms with van der Waals surface area (Å²) in [4.78, 5) is 0. The van der Waals surface area contributed by atoms with Crippen LogP contribution in [0.4, 0.5) is 0 Å². The summed E-state index contributed by atoms with van der Waals surface area (Å²) in [5.41, 5.74) is 1.22. The highest BCUT2D eigenvalue weighted by atomic mass is 16.0. The van der Waals surface area contributed by atoms with Crippen molar-refractivity contribution >= 4 is 0 Å². The molecule has 0 amide bonds. The summed E-state index contributed by atoms with van der Waals surface area (Å²) >= 11 is 0. The second kappa shape index (κ2) is 2.96. The van der Waals surface area contributed by atoms with Crippen LogP contribution in [0.15, 0.2) is 0 Å². The number of fused-ring (bicyclic) bond motifs is 2. The van der Waals surface area contributed by atoms with E-state index in [-0.39, 0.29) is 5.48 Å². The molecule has 2 nitrogen and oxygen atoms in total. The highest BCUT2D eigenvalue weighted by Crippen LogP contribution is 2.54. The molecule has 14 heavy (non-hydrogen) atoms. The maximum absolute atomic E-state index is 2.49. The van der Waals surface area contributed by atoms with Crippen molar-refractivity contribution in [2.75, 3.05) is 20.6 Å². The summed E-state index contributed by atoms with van der Waals surface area (Å²) in [6, 6.07) is 0.925. The standard InChI is InChI=1S/C12H24N.H2O/c1-11(2)6-10-7-12(3,8-11)9-13(10,4)5;/h10H,6-9H2,1-5H3;1H2/q+1;/p-1. The predicted octanol–water partition coefficient (Wildman–Crippen LogP) is 2.48. The molecule has 1 N–H and O–H groups in total. The number of hydrogen-bond acceptors (Lipinski definition) is 1. The molecule has 1 aliphatic carbocycles. The third kappa shape index (κ3) is 1.82. The van der Waals surface area contributed by atoms with Crippen molar-refractivity contribution in [1.29, 1.82) is 0 Å². The van der Waals surface area contributed by atoms with Gasteiger partial charge in [-0.25, -0.2) is 0 Å². The minimum Gasteiger partial charge on any atom is -0.870 e. The number of likely N-dealkylation sites (tertiary alicyclic amines) is 1. The first kappa shape index (κ1) is 12.0. The van der Waals surface area contributed by atoms with Crippen molar-refractivity contribution in [1.82, 2.24) is 0 Å². The fraction of sp³-hybridized carbons (Fsp3) is 1.00. The molecule has 84 valence electrons. The van der Waals surface area contributed by atoms with Gasteiger partial charge < -0.3 is 9.96 Å². The molecule has 1 saturated heterocycles. The van der Waals surface area contributed by atoms with Crippen LogP contribution in [-0.2, 0) is 0 Å². The molecule has 0 radical (unpaired) electrons. The topological polar surface area (TPSA) is 30.0 Å². The van der Waals surface area contributed by atoms with Gasteiger partial charge in [0.1, 0.15) is 0 Å². The van der Waals surface area contributed by atoms with Crippen LogP contribution >= 0.6 is 0 Å². The van der Waals surface area contributed by atoms with Gasteiger partial charge in [0.25, 0.3) is 0 Å². The minimum absolute atomic E-state index is 0. The lowest BCUT2D eigenvalue weighted by atomic mass is 9.65. The molecular formula is C12H25NO. The smallest absolute Gasteiger partial charge is 0.0899 e. The molecule has 2 fully saturated rings. The highest BCUT2D eigenvalue weighted by molar-refractivity contribution is 4.96. The molecule has 1 saturated carbocycles. The lowest BCUT2D eigenvalue weighted by Crippen LogP contribution is -2.44. The summed E-state index contributed by atoms with van der Waals surface area (Å²) in [5, 5.41) is 0.